The van der Waals surface area contributed by atoms with Gasteiger partial charge in [0.25, 0.3) is 0 Å². The van der Waals surface area contributed by atoms with E-state index in [2.05, 4.69) is 43.9 Å². The standard InChI is InChI=1S/C12H17N.3C2H6/c1-5-11-8-10(4)6-7-12(11)13-9(2)3;3*1-2/h6-8,13H,2,5H2,1,3-4H3;3*1-2H3. The van der Waals surface area contributed by atoms with Crippen LogP contribution in [0.1, 0.15) is 66.5 Å². The van der Waals surface area contributed by atoms with Crippen LogP contribution in [0.25, 0.3) is 0 Å². The third-order valence-electron chi connectivity index (χ3n) is 1.99. The zero-order valence-corrected chi connectivity index (χ0v) is 14.6. The van der Waals surface area contributed by atoms with E-state index in [0.29, 0.717) is 0 Å². The van der Waals surface area contributed by atoms with Gasteiger partial charge >= 0.3 is 0 Å². The molecule has 0 unspecified atom stereocenters. The van der Waals surface area contributed by atoms with Crippen LogP contribution in [0.4, 0.5) is 5.69 Å². The highest BCUT2D eigenvalue weighted by molar-refractivity contribution is 5.55. The number of hydrogen-bond donors (Lipinski definition) is 1. The van der Waals surface area contributed by atoms with Crippen molar-refractivity contribution >= 4 is 5.69 Å². The van der Waals surface area contributed by atoms with Gasteiger partial charge in [-0.3, -0.25) is 0 Å². The molecule has 0 aliphatic heterocycles. The second-order valence-corrected chi connectivity index (χ2v) is 3.42. The van der Waals surface area contributed by atoms with Crippen LogP contribution in [0.2, 0.25) is 0 Å². The molecule has 0 saturated heterocycles. The summed E-state index contributed by atoms with van der Waals surface area (Å²) in [6, 6.07) is 6.44. The zero-order valence-electron chi connectivity index (χ0n) is 14.6. The normalized spacial score (nSPS) is 7.63. The Labute approximate surface area is 122 Å². The average Bonchev–Trinajstić information content (AvgIpc) is 2.47. The highest BCUT2D eigenvalue weighted by atomic mass is 14.9. The molecule has 0 amide bonds. The van der Waals surface area contributed by atoms with Crippen molar-refractivity contribution in [1.29, 1.82) is 0 Å². The Kier molecular flexibility index (Phi) is 20.2. The molecule has 1 N–H and O–H groups in total. The maximum absolute atomic E-state index is 3.84. The number of aryl methyl sites for hydroxylation is 2. The summed E-state index contributed by atoms with van der Waals surface area (Å²) in [6.07, 6.45) is 1.05. The molecule has 0 saturated carbocycles. The Morgan fingerprint density at radius 3 is 1.89 bits per heavy atom. The van der Waals surface area contributed by atoms with Crippen molar-refractivity contribution in [2.24, 2.45) is 0 Å². The van der Waals surface area contributed by atoms with Crippen molar-refractivity contribution in [1.82, 2.24) is 0 Å². The fourth-order valence-corrected chi connectivity index (χ4v) is 1.37. The summed E-state index contributed by atoms with van der Waals surface area (Å²) in [5.41, 5.74) is 4.83. The molecule has 1 nitrogen and oxygen atoms in total. The molecule has 1 heteroatoms. The Bertz CT molecular complexity index is 313. The highest BCUT2D eigenvalue weighted by Crippen LogP contribution is 2.18. The van der Waals surface area contributed by atoms with Crippen LogP contribution in [0, 0.1) is 6.92 Å². The van der Waals surface area contributed by atoms with Gasteiger partial charge in [-0.1, -0.05) is 72.7 Å². The maximum Gasteiger partial charge on any atom is 0.0414 e. The van der Waals surface area contributed by atoms with Crippen LogP contribution in [-0.4, -0.2) is 0 Å². The lowest BCUT2D eigenvalue weighted by molar-refractivity contribution is 1.13. The van der Waals surface area contributed by atoms with Gasteiger partial charge in [0.05, 0.1) is 0 Å². The van der Waals surface area contributed by atoms with E-state index in [1.54, 1.807) is 0 Å². The van der Waals surface area contributed by atoms with Gasteiger partial charge in [0.1, 0.15) is 0 Å². The third kappa shape index (κ3) is 11.6. The molecule has 1 aromatic rings. The number of nitrogens with one attached hydrogen (secondary N) is 1. The maximum atomic E-state index is 3.84. The highest BCUT2D eigenvalue weighted by Gasteiger charge is 1.99. The van der Waals surface area contributed by atoms with Crippen LogP contribution in [-0.2, 0) is 6.42 Å². The summed E-state index contributed by atoms with van der Waals surface area (Å²) in [5, 5.41) is 3.26. The van der Waals surface area contributed by atoms with Crippen molar-refractivity contribution < 1.29 is 0 Å². The van der Waals surface area contributed by atoms with Crippen LogP contribution in [0.5, 0.6) is 0 Å². The summed E-state index contributed by atoms with van der Waals surface area (Å²) < 4.78 is 0. The molecule has 0 heterocycles. The molecule has 0 radical (unpaired) electrons. The van der Waals surface area contributed by atoms with Gasteiger partial charge in [-0.05, 0) is 31.9 Å². The number of rotatable bonds is 3. The molecule has 0 fully saturated rings. The van der Waals surface area contributed by atoms with Gasteiger partial charge in [0.2, 0.25) is 0 Å². The number of anilines is 1. The molecule has 0 spiro atoms. The van der Waals surface area contributed by atoms with Crippen molar-refractivity contribution in [3.63, 3.8) is 0 Å². The Morgan fingerprint density at radius 1 is 1.05 bits per heavy atom. The van der Waals surface area contributed by atoms with Crippen LogP contribution >= 0.6 is 0 Å². The number of allylic oxidation sites excluding steroid dienone is 1. The summed E-state index contributed by atoms with van der Waals surface area (Å²) >= 11 is 0. The second kappa shape index (κ2) is 16.8. The molecule has 19 heavy (non-hydrogen) atoms. The first-order chi connectivity index (χ1) is 9.13. The second-order valence-electron chi connectivity index (χ2n) is 3.42. The van der Waals surface area contributed by atoms with Crippen LogP contribution < -0.4 is 5.32 Å². The lowest BCUT2D eigenvalue weighted by Crippen LogP contribution is -1.98. The minimum absolute atomic E-state index is 0.985. The molecule has 0 bridgehead atoms. The third-order valence-corrected chi connectivity index (χ3v) is 1.99. The zero-order chi connectivity index (χ0) is 15.8. The van der Waals surface area contributed by atoms with Gasteiger partial charge in [0.15, 0.2) is 0 Å². The van der Waals surface area contributed by atoms with Crippen molar-refractivity contribution in [3.8, 4) is 0 Å². The van der Waals surface area contributed by atoms with Gasteiger partial charge in [0, 0.05) is 11.4 Å². The summed E-state index contributed by atoms with van der Waals surface area (Å²) in [5.74, 6) is 0. The Balaban J connectivity index is -0.000000375. The first-order valence-corrected chi connectivity index (χ1v) is 7.65. The fraction of sp³-hybridized carbons (Fsp3) is 0.556. The molecular weight excluding hydrogens is 230 g/mol. The van der Waals surface area contributed by atoms with E-state index in [1.807, 2.05) is 48.5 Å². The predicted molar refractivity (Wildman–Crippen MR) is 93.0 cm³/mol. The fourth-order valence-electron chi connectivity index (χ4n) is 1.37. The van der Waals surface area contributed by atoms with Crippen molar-refractivity contribution in [2.45, 2.75) is 68.7 Å². The van der Waals surface area contributed by atoms with E-state index in [4.69, 9.17) is 0 Å². The quantitative estimate of drug-likeness (QED) is 0.650. The summed E-state index contributed by atoms with van der Waals surface area (Å²) in [4.78, 5) is 0. The van der Waals surface area contributed by atoms with E-state index in [0.717, 1.165) is 12.1 Å². The molecule has 1 aromatic carbocycles. The largest absolute Gasteiger partial charge is 0.359 e. The molecule has 1 rings (SSSR count). The van der Waals surface area contributed by atoms with Crippen molar-refractivity contribution in [3.05, 3.63) is 41.6 Å². The number of benzene rings is 1. The molecule has 0 aromatic heterocycles. The van der Waals surface area contributed by atoms with E-state index in [1.165, 1.54) is 16.8 Å². The first-order valence-electron chi connectivity index (χ1n) is 7.65. The number of hydrogen-bond acceptors (Lipinski definition) is 1. The lowest BCUT2D eigenvalue weighted by atomic mass is 10.1. The van der Waals surface area contributed by atoms with E-state index < -0.39 is 0 Å². The summed E-state index contributed by atoms with van der Waals surface area (Å²) in [6.45, 7) is 22.1. The predicted octanol–water partition coefficient (Wildman–Crippen LogP) is 6.58. The van der Waals surface area contributed by atoms with E-state index in [9.17, 15) is 0 Å². The SMILES string of the molecule is C=C(C)Nc1ccc(C)cc1CC.CC.CC.CC. The monoisotopic (exact) mass is 265 g/mol. The Morgan fingerprint density at radius 2 is 1.53 bits per heavy atom. The van der Waals surface area contributed by atoms with Gasteiger partial charge in [-0.25, -0.2) is 0 Å². The Hall–Kier alpha value is -1.24. The van der Waals surface area contributed by atoms with Crippen molar-refractivity contribution in [2.75, 3.05) is 5.32 Å². The molecular formula is C18H35N. The van der Waals surface area contributed by atoms with Crippen LogP contribution in [0.3, 0.4) is 0 Å². The average molecular weight is 265 g/mol. The minimum Gasteiger partial charge on any atom is -0.359 e. The lowest BCUT2D eigenvalue weighted by Gasteiger charge is -2.10. The van der Waals surface area contributed by atoms with E-state index in [-0.39, 0.29) is 0 Å². The van der Waals surface area contributed by atoms with Crippen LogP contribution in [0.15, 0.2) is 30.5 Å². The molecule has 0 aliphatic carbocycles. The smallest absolute Gasteiger partial charge is 0.0414 e. The first kappa shape index (κ1) is 22.9. The minimum atomic E-state index is 0.985. The molecule has 0 atom stereocenters. The molecule has 112 valence electrons. The van der Waals surface area contributed by atoms with E-state index >= 15 is 0 Å². The topological polar surface area (TPSA) is 12.0 Å². The van der Waals surface area contributed by atoms with Gasteiger partial charge in [-0.15, -0.1) is 0 Å². The molecule has 0 aliphatic rings. The van der Waals surface area contributed by atoms with Gasteiger partial charge in [-0.2, -0.15) is 0 Å². The van der Waals surface area contributed by atoms with Gasteiger partial charge < -0.3 is 5.32 Å². The summed E-state index contributed by atoms with van der Waals surface area (Å²) in [7, 11) is 0.